The Kier molecular flexibility index (Phi) is 6.83. The van der Waals surface area contributed by atoms with Gasteiger partial charge in [-0.1, -0.05) is 24.4 Å². The van der Waals surface area contributed by atoms with Crippen LogP contribution >= 0.6 is 23.2 Å². The number of alkyl halides is 1. The smallest absolute Gasteiger partial charge is 0.271 e. The number of hydrogen-bond acceptors (Lipinski definition) is 3. The second-order valence-corrected chi connectivity index (χ2v) is 4.61. The Hall–Kier alpha value is -1.00. The van der Waals surface area contributed by atoms with E-state index in [1.165, 1.54) is 18.2 Å². The number of benzene rings is 1. The first-order valence-corrected chi connectivity index (χ1v) is 6.69. The minimum Gasteiger partial charge on any atom is -0.492 e. The van der Waals surface area contributed by atoms with E-state index in [0.717, 1.165) is 25.7 Å². The number of non-ortho nitro benzene ring substituents is 1. The molecule has 18 heavy (non-hydrogen) atoms. The highest BCUT2D eigenvalue weighted by Gasteiger charge is 2.09. The first-order valence-electron chi connectivity index (χ1n) is 5.78. The van der Waals surface area contributed by atoms with E-state index in [1.54, 1.807) is 0 Å². The molecule has 1 rings (SSSR count). The molecule has 100 valence electrons. The summed E-state index contributed by atoms with van der Waals surface area (Å²) in [7, 11) is 0. The van der Waals surface area contributed by atoms with Crippen molar-refractivity contribution in [3.8, 4) is 5.75 Å². The molecule has 0 spiro atoms. The summed E-state index contributed by atoms with van der Waals surface area (Å²) >= 11 is 11.5. The molecule has 0 aliphatic heterocycles. The zero-order valence-corrected chi connectivity index (χ0v) is 11.4. The molecule has 1 aromatic carbocycles. The number of unbranched alkanes of at least 4 members (excludes halogenated alkanes) is 3. The first kappa shape index (κ1) is 15.1. The molecular formula is C12H15Cl2NO3. The SMILES string of the molecule is O=[N+]([O-])c1ccc(OCCCCCCCl)c(Cl)c1. The van der Waals surface area contributed by atoms with E-state index in [4.69, 9.17) is 27.9 Å². The number of halogens is 2. The summed E-state index contributed by atoms with van der Waals surface area (Å²) in [5, 5.41) is 10.8. The van der Waals surface area contributed by atoms with Crippen molar-refractivity contribution in [1.29, 1.82) is 0 Å². The van der Waals surface area contributed by atoms with Crippen LogP contribution in [0.2, 0.25) is 5.02 Å². The van der Waals surface area contributed by atoms with Gasteiger partial charge in [0.2, 0.25) is 0 Å². The Morgan fingerprint density at radius 1 is 1.22 bits per heavy atom. The topological polar surface area (TPSA) is 52.4 Å². The van der Waals surface area contributed by atoms with E-state index in [2.05, 4.69) is 0 Å². The Labute approximate surface area is 116 Å². The third-order valence-corrected chi connectivity index (χ3v) is 2.97. The number of hydrogen-bond donors (Lipinski definition) is 0. The molecule has 0 fully saturated rings. The fraction of sp³-hybridized carbons (Fsp3) is 0.500. The highest BCUT2D eigenvalue weighted by molar-refractivity contribution is 6.32. The Balaban J connectivity index is 2.36. The lowest BCUT2D eigenvalue weighted by molar-refractivity contribution is -0.384. The fourth-order valence-electron chi connectivity index (χ4n) is 1.45. The predicted octanol–water partition coefficient (Wildman–Crippen LogP) is 4.43. The largest absolute Gasteiger partial charge is 0.492 e. The van der Waals surface area contributed by atoms with Crippen molar-refractivity contribution < 1.29 is 9.66 Å². The van der Waals surface area contributed by atoms with Crippen molar-refractivity contribution in [2.24, 2.45) is 0 Å². The van der Waals surface area contributed by atoms with Gasteiger partial charge in [0, 0.05) is 18.0 Å². The molecule has 0 aromatic heterocycles. The number of ether oxygens (including phenoxy) is 1. The van der Waals surface area contributed by atoms with Crippen molar-refractivity contribution in [2.75, 3.05) is 12.5 Å². The highest BCUT2D eigenvalue weighted by atomic mass is 35.5. The van der Waals surface area contributed by atoms with Gasteiger partial charge in [0.1, 0.15) is 5.75 Å². The normalized spacial score (nSPS) is 10.3. The zero-order chi connectivity index (χ0) is 13.4. The summed E-state index contributed by atoms with van der Waals surface area (Å²) in [4.78, 5) is 10.0. The summed E-state index contributed by atoms with van der Waals surface area (Å²) in [6.07, 6.45) is 4.07. The molecule has 0 saturated carbocycles. The Morgan fingerprint density at radius 3 is 2.56 bits per heavy atom. The van der Waals surface area contributed by atoms with Gasteiger partial charge in [-0.3, -0.25) is 10.1 Å². The maximum absolute atomic E-state index is 10.5. The van der Waals surface area contributed by atoms with Crippen LogP contribution in [-0.4, -0.2) is 17.4 Å². The minimum atomic E-state index is -0.484. The number of rotatable bonds is 8. The monoisotopic (exact) mass is 291 g/mol. The third kappa shape index (κ3) is 5.10. The van der Waals surface area contributed by atoms with Crippen molar-refractivity contribution in [1.82, 2.24) is 0 Å². The van der Waals surface area contributed by atoms with Crippen LogP contribution in [0.4, 0.5) is 5.69 Å². The second kappa shape index (κ2) is 8.16. The maximum atomic E-state index is 10.5. The average Bonchev–Trinajstić information content (AvgIpc) is 2.35. The van der Waals surface area contributed by atoms with Gasteiger partial charge in [-0.25, -0.2) is 0 Å². The van der Waals surface area contributed by atoms with Crippen LogP contribution < -0.4 is 4.74 Å². The van der Waals surface area contributed by atoms with Crippen molar-refractivity contribution in [3.63, 3.8) is 0 Å². The van der Waals surface area contributed by atoms with E-state index in [9.17, 15) is 10.1 Å². The Bertz CT molecular complexity index is 399. The molecule has 0 aliphatic carbocycles. The maximum Gasteiger partial charge on any atom is 0.271 e. The minimum absolute atomic E-state index is 0.0329. The molecule has 0 radical (unpaired) electrons. The van der Waals surface area contributed by atoms with Gasteiger partial charge in [-0.05, 0) is 18.9 Å². The molecule has 1 aromatic rings. The molecule has 6 heteroatoms. The highest BCUT2D eigenvalue weighted by Crippen LogP contribution is 2.28. The van der Waals surface area contributed by atoms with Crippen LogP contribution in [0, 0.1) is 10.1 Å². The molecule has 0 aliphatic rings. The van der Waals surface area contributed by atoms with Gasteiger partial charge in [0.15, 0.2) is 0 Å². The molecule has 0 heterocycles. The van der Waals surface area contributed by atoms with E-state index in [-0.39, 0.29) is 10.7 Å². The number of nitrogens with zero attached hydrogens (tertiary/aromatic N) is 1. The van der Waals surface area contributed by atoms with Gasteiger partial charge >= 0.3 is 0 Å². The van der Waals surface area contributed by atoms with Crippen LogP contribution in [0.1, 0.15) is 25.7 Å². The molecule has 0 unspecified atom stereocenters. The average molecular weight is 292 g/mol. The van der Waals surface area contributed by atoms with Crippen molar-refractivity contribution in [2.45, 2.75) is 25.7 Å². The lowest BCUT2D eigenvalue weighted by atomic mass is 10.2. The molecule has 0 N–H and O–H groups in total. The predicted molar refractivity (Wildman–Crippen MR) is 72.8 cm³/mol. The summed E-state index contributed by atoms with van der Waals surface area (Å²) in [6, 6.07) is 4.21. The van der Waals surface area contributed by atoms with E-state index in [1.807, 2.05) is 0 Å². The fourth-order valence-corrected chi connectivity index (χ4v) is 1.87. The zero-order valence-electron chi connectivity index (χ0n) is 9.90. The Morgan fingerprint density at radius 2 is 1.94 bits per heavy atom. The van der Waals surface area contributed by atoms with Crippen molar-refractivity contribution >= 4 is 28.9 Å². The lowest BCUT2D eigenvalue weighted by Crippen LogP contribution is -1.98. The molecular weight excluding hydrogens is 277 g/mol. The van der Waals surface area contributed by atoms with Crippen LogP contribution in [0.15, 0.2) is 18.2 Å². The summed E-state index contributed by atoms with van der Waals surface area (Å²) in [5.41, 5.74) is -0.0329. The summed E-state index contributed by atoms with van der Waals surface area (Å²) < 4.78 is 5.46. The first-order chi connectivity index (χ1) is 8.65. The number of nitro groups is 1. The summed E-state index contributed by atoms with van der Waals surface area (Å²) in [6.45, 7) is 0.555. The van der Waals surface area contributed by atoms with E-state index >= 15 is 0 Å². The quantitative estimate of drug-likeness (QED) is 0.308. The molecule has 4 nitrogen and oxygen atoms in total. The second-order valence-electron chi connectivity index (χ2n) is 3.82. The van der Waals surface area contributed by atoms with Gasteiger partial charge in [-0.15, -0.1) is 11.6 Å². The number of nitro benzene ring substituents is 1. The van der Waals surface area contributed by atoms with E-state index < -0.39 is 4.92 Å². The molecule has 0 saturated heterocycles. The van der Waals surface area contributed by atoms with Gasteiger partial charge < -0.3 is 4.74 Å². The van der Waals surface area contributed by atoms with Gasteiger partial charge in [-0.2, -0.15) is 0 Å². The van der Waals surface area contributed by atoms with Gasteiger partial charge in [0.05, 0.1) is 16.6 Å². The van der Waals surface area contributed by atoms with E-state index in [0.29, 0.717) is 18.2 Å². The molecule has 0 bridgehead atoms. The lowest BCUT2D eigenvalue weighted by Gasteiger charge is -2.07. The van der Waals surface area contributed by atoms with Crippen LogP contribution in [0.25, 0.3) is 0 Å². The molecule has 0 atom stereocenters. The third-order valence-electron chi connectivity index (χ3n) is 2.41. The van der Waals surface area contributed by atoms with Crippen LogP contribution in [0.5, 0.6) is 5.75 Å². The van der Waals surface area contributed by atoms with Crippen LogP contribution in [-0.2, 0) is 0 Å². The van der Waals surface area contributed by atoms with Crippen molar-refractivity contribution in [3.05, 3.63) is 33.3 Å². The van der Waals surface area contributed by atoms with Gasteiger partial charge in [0.25, 0.3) is 5.69 Å². The molecule has 0 amide bonds. The standard InChI is InChI=1S/C12H15Cl2NO3/c13-7-3-1-2-4-8-18-12-6-5-10(15(16)17)9-11(12)14/h5-6,9H,1-4,7-8H2. The van der Waals surface area contributed by atoms with Crippen LogP contribution in [0.3, 0.4) is 0 Å². The summed E-state index contributed by atoms with van der Waals surface area (Å²) in [5.74, 6) is 1.18.